The van der Waals surface area contributed by atoms with Gasteiger partial charge in [0.05, 0.1) is 5.60 Å². The summed E-state index contributed by atoms with van der Waals surface area (Å²) in [6, 6.07) is 0. The van der Waals surface area contributed by atoms with Crippen LogP contribution in [0.4, 0.5) is 0 Å². The molecule has 3 aliphatic rings. The predicted octanol–water partition coefficient (Wildman–Crippen LogP) is 2.34. The highest BCUT2D eigenvalue weighted by Crippen LogP contribution is 2.81. The Morgan fingerprint density at radius 1 is 1.17 bits per heavy atom. The van der Waals surface area contributed by atoms with E-state index in [9.17, 15) is 5.11 Å². The van der Waals surface area contributed by atoms with E-state index in [4.69, 9.17) is 0 Å². The summed E-state index contributed by atoms with van der Waals surface area (Å²) in [5.41, 5.74) is 0.247. The van der Waals surface area contributed by atoms with Crippen molar-refractivity contribution >= 4 is 0 Å². The van der Waals surface area contributed by atoms with Gasteiger partial charge in [0.25, 0.3) is 0 Å². The summed E-state index contributed by atoms with van der Waals surface area (Å²) >= 11 is 0. The molecule has 1 heteroatoms. The molecule has 0 saturated heterocycles. The lowest BCUT2D eigenvalue weighted by molar-refractivity contribution is -0.0487. The maximum atomic E-state index is 10.4. The van der Waals surface area contributed by atoms with Crippen LogP contribution in [-0.4, -0.2) is 10.7 Å². The zero-order valence-corrected chi connectivity index (χ0v) is 7.84. The van der Waals surface area contributed by atoms with E-state index < -0.39 is 0 Å². The van der Waals surface area contributed by atoms with Crippen molar-refractivity contribution in [2.75, 3.05) is 0 Å². The number of fused-ring (bicyclic) bond motifs is 1. The zero-order valence-electron chi connectivity index (χ0n) is 7.84. The summed E-state index contributed by atoms with van der Waals surface area (Å²) in [5.74, 6) is 1.80. The third-order valence-electron chi connectivity index (χ3n) is 4.71. The third kappa shape index (κ3) is 0.736. The van der Waals surface area contributed by atoms with Crippen LogP contribution >= 0.6 is 0 Å². The first kappa shape index (κ1) is 7.37. The van der Waals surface area contributed by atoms with Gasteiger partial charge in [-0.1, -0.05) is 6.92 Å². The molecular formula is C11H18O. The third-order valence-corrected chi connectivity index (χ3v) is 4.71. The first-order valence-corrected chi connectivity index (χ1v) is 5.39. The molecular weight excluding hydrogens is 148 g/mol. The highest BCUT2D eigenvalue weighted by Gasteiger charge is 2.78. The van der Waals surface area contributed by atoms with Gasteiger partial charge in [0.15, 0.2) is 0 Å². The second kappa shape index (κ2) is 1.89. The molecule has 0 aromatic carbocycles. The number of aliphatic hydroxyl groups is 1. The van der Waals surface area contributed by atoms with Crippen LogP contribution in [0.5, 0.6) is 0 Å². The number of rotatable bonds is 1. The minimum atomic E-state index is -0.218. The summed E-state index contributed by atoms with van der Waals surface area (Å²) in [6.45, 7) is 2.31. The van der Waals surface area contributed by atoms with Crippen LogP contribution in [0.25, 0.3) is 0 Å². The maximum Gasteiger partial charge on any atom is 0.0706 e. The summed E-state index contributed by atoms with van der Waals surface area (Å²) in [5, 5.41) is 10.4. The first-order chi connectivity index (χ1) is 5.66. The lowest BCUT2D eigenvalue weighted by Gasteiger charge is -2.37. The molecule has 3 saturated carbocycles. The van der Waals surface area contributed by atoms with Gasteiger partial charge in [0.2, 0.25) is 0 Å². The van der Waals surface area contributed by atoms with Crippen LogP contribution in [0.2, 0.25) is 0 Å². The van der Waals surface area contributed by atoms with E-state index in [1.54, 1.807) is 0 Å². The monoisotopic (exact) mass is 166 g/mol. The highest BCUT2D eigenvalue weighted by molar-refractivity contribution is 5.27. The van der Waals surface area contributed by atoms with Gasteiger partial charge >= 0.3 is 0 Å². The number of hydrogen-bond donors (Lipinski definition) is 1. The van der Waals surface area contributed by atoms with E-state index in [1.807, 2.05) is 0 Å². The van der Waals surface area contributed by atoms with Gasteiger partial charge in [0.1, 0.15) is 0 Å². The average Bonchev–Trinajstić information content (AvgIpc) is 2.80. The molecule has 1 N–H and O–H groups in total. The van der Waals surface area contributed by atoms with Crippen molar-refractivity contribution in [3.63, 3.8) is 0 Å². The second-order valence-electron chi connectivity index (χ2n) is 5.48. The molecule has 3 rings (SSSR count). The fourth-order valence-corrected chi connectivity index (χ4v) is 3.20. The molecule has 0 unspecified atom stereocenters. The van der Waals surface area contributed by atoms with E-state index in [1.165, 1.54) is 25.7 Å². The molecule has 0 atom stereocenters. The molecule has 0 aliphatic heterocycles. The summed E-state index contributed by atoms with van der Waals surface area (Å²) in [7, 11) is 0. The topological polar surface area (TPSA) is 20.2 Å². The summed E-state index contributed by atoms with van der Waals surface area (Å²) < 4.78 is 0. The Balaban J connectivity index is 1.75. The number of hydrogen-bond acceptors (Lipinski definition) is 1. The van der Waals surface area contributed by atoms with Crippen molar-refractivity contribution in [3.8, 4) is 0 Å². The van der Waals surface area contributed by atoms with Crippen LogP contribution < -0.4 is 0 Å². The van der Waals surface area contributed by atoms with Crippen LogP contribution in [0.15, 0.2) is 0 Å². The SMILES string of the molecule is CC1CCC(O)(C23CC2C3)CC1. The lowest BCUT2D eigenvalue weighted by atomic mass is 9.74. The molecule has 0 radical (unpaired) electrons. The van der Waals surface area contributed by atoms with Crippen molar-refractivity contribution in [3.05, 3.63) is 0 Å². The Kier molecular flexibility index (Phi) is 1.16. The van der Waals surface area contributed by atoms with Gasteiger partial charge < -0.3 is 5.11 Å². The summed E-state index contributed by atoms with van der Waals surface area (Å²) in [4.78, 5) is 0. The van der Waals surface area contributed by atoms with Gasteiger partial charge in [-0.25, -0.2) is 0 Å². The van der Waals surface area contributed by atoms with Crippen LogP contribution in [0, 0.1) is 17.3 Å². The Labute approximate surface area is 74.2 Å². The predicted molar refractivity (Wildman–Crippen MR) is 47.7 cm³/mol. The van der Waals surface area contributed by atoms with Crippen LogP contribution in [-0.2, 0) is 0 Å². The molecule has 0 aromatic heterocycles. The van der Waals surface area contributed by atoms with Crippen molar-refractivity contribution in [1.82, 2.24) is 0 Å². The molecule has 68 valence electrons. The highest BCUT2D eigenvalue weighted by atomic mass is 16.3. The van der Waals surface area contributed by atoms with E-state index in [0.29, 0.717) is 5.41 Å². The zero-order chi connectivity index (χ0) is 8.40. The van der Waals surface area contributed by atoms with Gasteiger partial charge in [-0.2, -0.15) is 0 Å². The molecule has 0 heterocycles. The van der Waals surface area contributed by atoms with Crippen LogP contribution in [0.3, 0.4) is 0 Å². The molecule has 0 aromatic rings. The quantitative estimate of drug-likeness (QED) is 0.634. The van der Waals surface area contributed by atoms with E-state index in [0.717, 1.165) is 24.7 Å². The fraction of sp³-hybridized carbons (Fsp3) is 1.00. The molecule has 3 fully saturated rings. The summed E-state index contributed by atoms with van der Waals surface area (Å²) in [6.07, 6.45) is 7.38. The standard InChI is InChI=1S/C11H18O/c1-8-2-4-11(12,5-3-8)10-6-9(10)7-10/h8-9,12H,2-7H2,1H3. The molecule has 1 nitrogen and oxygen atoms in total. The van der Waals surface area contributed by atoms with Gasteiger partial charge in [0, 0.05) is 5.41 Å². The Morgan fingerprint density at radius 3 is 2.08 bits per heavy atom. The van der Waals surface area contributed by atoms with Crippen molar-refractivity contribution in [1.29, 1.82) is 0 Å². The van der Waals surface area contributed by atoms with E-state index >= 15 is 0 Å². The lowest BCUT2D eigenvalue weighted by Crippen LogP contribution is -2.38. The maximum absolute atomic E-state index is 10.4. The normalized spacial score (nSPS) is 62.5. The van der Waals surface area contributed by atoms with Gasteiger partial charge in [-0.3, -0.25) is 0 Å². The minimum Gasteiger partial charge on any atom is -0.389 e. The Hall–Kier alpha value is -0.0400. The minimum absolute atomic E-state index is 0.218. The van der Waals surface area contributed by atoms with Crippen LogP contribution in [0.1, 0.15) is 45.4 Å². The fourth-order valence-electron chi connectivity index (χ4n) is 3.20. The van der Waals surface area contributed by atoms with Gasteiger partial charge in [-0.05, 0) is 50.4 Å². The van der Waals surface area contributed by atoms with E-state index in [-0.39, 0.29) is 5.60 Å². The molecule has 3 aliphatic carbocycles. The average molecular weight is 166 g/mol. The van der Waals surface area contributed by atoms with Crippen molar-refractivity contribution in [2.24, 2.45) is 17.3 Å². The van der Waals surface area contributed by atoms with Crippen molar-refractivity contribution in [2.45, 2.75) is 51.0 Å². The Morgan fingerprint density at radius 2 is 1.67 bits per heavy atom. The molecule has 12 heavy (non-hydrogen) atoms. The van der Waals surface area contributed by atoms with E-state index in [2.05, 4.69) is 6.92 Å². The molecule has 0 spiro atoms. The second-order valence-corrected chi connectivity index (χ2v) is 5.48. The largest absolute Gasteiger partial charge is 0.389 e. The van der Waals surface area contributed by atoms with Crippen molar-refractivity contribution < 1.29 is 5.11 Å². The molecule has 0 bridgehead atoms. The Bertz CT molecular complexity index is 207. The first-order valence-electron chi connectivity index (χ1n) is 5.39. The molecule has 0 amide bonds. The van der Waals surface area contributed by atoms with Gasteiger partial charge in [-0.15, -0.1) is 0 Å². The smallest absolute Gasteiger partial charge is 0.0706 e.